The third-order valence-corrected chi connectivity index (χ3v) is 2.45. The lowest BCUT2D eigenvalue weighted by Crippen LogP contribution is -2.31. The SMILES string of the molecule is CCC(C)NC(=O)c1cccc(C#CCN)c1. The van der Waals surface area contributed by atoms with Crippen LogP contribution in [-0.2, 0) is 0 Å². The lowest BCUT2D eigenvalue weighted by atomic mass is 10.1. The molecule has 0 spiro atoms. The molecule has 0 heterocycles. The summed E-state index contributed by atoms with van der Waals surface area (Å²) in [5.41, 5.74) is 6.75. The Hall–Kier alpha value is -1.79. The van der Waals surface area contributed by atoms with Gasteiger partial charge in [-0.05, 0) is 31.5 Å². The number of rotatable bonds is 3. The van der Waals surface area contributed by atoms with E-state index in [2.05, 4.69) is 17.2 Å². The molecule has 0 saturated heterocycles. The Morgan fingerprint density at radius 2 is 2.29 bits per heavy atom. The van der Waals surface area contributed by atoms with Crippen molar-refractivity contribution in [3.8, 4) is 11.8 Å². The Labute approximate surface area is 102 Å². The highest BCUT2D eigenvalue weighted by atomic mass is 16.1. The van der Waals surface area contributed by atoms with Crippen LogP contribution in [0.1, 0.15) is 36.2 Å². The number of benzene rings is 1. The van der Waals surface area contributed by atoms with E-state index >= 15 is 0 Å². The summed E-state index contributed by atoms with van der Waals surface area (Å²) in [6.45, 7) is 4.34. The summed E-state index contributed by atoms with van der Waals surface area (Å²) in [6.07, 6.45) is 0.915. The molecule has 1 rings (SSSR count). The molecule has 17 heavy (non-hydrogen) atoms. The molecule has 0 aromatic heterocycles. The van der Waals surface area contributed by atoms with Gasteiger partial charge in [-0.1, -0.05) is 24.8 Å². The second-order valence-electron chi connectivity index (χ2n) is 3.87. The molecule has 0 aliphatic heterocycles. The maximum atomic E-state index is 11.9. The van der Waals surface area contributed by atoms with E-state index in [-0.39, 0.29) is 11.9 Å². The van der Waals surface area contributed by atoms with E-state index in [0.29, 0.717) is 12.1 Å². The molecule has 1 unspecified atom stereocenters. The molecule has 0 aliphatic carbocycles. The average Bonchev–Trinajstić information content (AvgIpc) is 2.36. The zero-order valence-corrected chi connectivity index (χ0v) is 10.3. The van der Waals surface area contributed by atoms with Crippen LogP contribution in [0.5, 0.6) is 0 Å². The van der Waals surface area contributed by atoms with Gasteiger partial charge in [-0.15, -0.1) is 0 Å². The maximum absolute atomic E-state index is 11.9. The standard InChI is InChI=1S/C14H18N2O/c1-3-11(2)16-14(17)13-8-4-6-12(10-13)7-5-9-15/h4,6,8,10-11H,3,9,15H2,1-2H3,(H,16,17). The molecule has 3 heteroatoms. The fourth-order valence-corrected chi connectivity index (χ4v) is 1.30. The summed E-state index contributed by atoms with van der Waals surface area (Å²) in [7, 11) is 0. The monoisotopic (exact) mass is 230 g/mol. The van der Waals surface area contributed by atoms with Crippen molar-refractivity contribution < 1.29 is 4.79 Å². The van der Waals surface area contributed by atoms with Gasteiger partial charge in [-0.3, -0.25) is 4.79 Å². The summed E-state index contributed by atoms with van der Waals surface area (Å²) in [4.78, 5) is 11.9. The topological polar surface area (TPSA) is 55.1 Å². The fourth-order valence-electron chi connectivity index (χ4n) is 1.30. The number of hydrogen-bond donors (Lipinski definition) is 2. The van der Waals surface area contributed by atoms with Crippen LogP contribution in [0, 0.1) is 11.8 Å². The van der Waals surface area contributed by atoms with E-state index < -0.39 is 0 Å². The van der Waals surface area contributed by atoms with Crippen LogP contribution in [0.3, 0.4) is 0 Å². The van der Waals surface area contributed by atoms with E-state index in [4.69, 9.17) is 5.73 Å². The third kappa shape index (κ3) is 4.29. The first kappa shape index (κ1) is 13.3. The molecular formula is C14H18N2O. The summed E-state index contributed by atoms with van der Waals surface area (Å²) in [5, 5.41) is 2.92. The van der Waals surface area contributed by atoms with E-state index in [9.17, 15) is 4.79 Å². The normalized spacial score (nSPS) is 11.2. The van der Waals surface area contributed by atoms with Crippen LogP contribution < -0.4 is 11.1 Å². The Morgan fingerprint density at radius 3 is 2.94 bits per heavy atom. The molecule has 3 nitrogen and oxygen atoms in total. The van der Waals surface area contributed by atoms with E-state index in [1.807, 2.05) is 26.0 Å². The van der Waals surface area contributed by atoms with Gasteiger partial charge in [0, 0.05) is 17.2 Å². The van der Waals surface area contributed by atoms with Crippen LogP contribution >= 0.6 is 0 Å². The maximum Gasteiger partial charge on any atom is 0.251 e. The van der Waals surface area contributed by atoms with Crippen LogP contribution in [0.4, 0.5) is 0 Å². The third-order valence-electron chi connectivity index (χ3n) is 2.45. The number of nitrogens with one attached hydrogen (secondary N) is 1. The Morgan fingerprint density at radius 1 is 1.53 bits per heavy atom. The highest BCUT2D eigenvalue weighted by Gasteiger charge is 2.08. The number of carbonyl (C=O) groups is 1. The summed E-state index contributed by atoms with van der Waals surface area (Å²) in [6, 6.07) is 7.43. The van der Waals surface area contributed by atoms with Crippen molar-refractivity contribution in [2.45, 2.75) is 26.3 Å². The van der Waals surface area contributed by atoms with E-state index in [0.717, 1.165) is 12.0 Å². The molecule has 1 atom stereocenters. The lowest BCUT2D eigenvalue weighted by Gasteiger charge is -2.11. The van der Waals surface area contributed by atoms with Crippen molar-refractivity contribution in [3.05, 3.63) is 35.4 Å². The average molecular weight is 230 g/mol. The Balaban J connectivity index is 2.80. The second-order valence-corrected chi connectivity index (χ2v) is 3.87. The van der Waals surface area contributed by atoms with Crippen LogP contribution in [0.25, 0.3) is 0 Å². The minimum Gasteiger partial charge on any atom is -0.350 e. The Kier molecular flexibility index (Phi) is 5.25. The molecule has 0 aliphatic rings. The number of carbonyl (C=O) groups excluding carboxylic acids is 1. The molecule has 3 N–H and O–H groups in total. The molecule has 1 aromatic carbocycles. The van der Waals surface area contributed by atoms with Crippen molar-refractivity contribution in [1.82, 2.24) is 5.32 Å². The van der Waals surface area contributed by atoms with Gasteiger partial charge < -0.3 is 11.1 Å². The first-order chi connectivity index (χ1) is 8.17. The zero-order chi connectivity index (χ0) is 12.7. The fraction of sp³-hybridized carbons (Fsp3) is 0.357. The summed E-state index contributed by atoms with van der Waals surface area (Å²) < 4.78 is 0. The van der Waals surface area contributed by atoms with E-state index in [1.54, 1.807) is 12.1 Å². The second kappa shape index (κ2) is 6.72. The predicted molar refractivity (Wildman–Crippen MR) is 69.6 cm³/mol. The van der Waals surface area contributed by atoms with Crippen LogP contribution in [0.15, 0.2) is 24.3 Å². The molecule has 90 valence electrons. The van der Waals surface area contributed by atoms with Crippen molar-refractivity contribution in [2.24, 2.45) is 5.73 Å². The molecule has 0 fully saturated rings. The van der Waals surface area contributed by atoms with Gasteiger partial charge in [-0.2, -0.15) is 0 Å². The molecule has 0 radical (unpaired) electrons. The van der Waals surface area contributed by atoms with Crippen molar-refractivity contribution in [2.75, 3.05) is 6.54 Å². The van der Waals surface area contributed by atoms with Gasteiger partial charge in [-0.25, -0.2) is 0 Å². The van der Waals surface area contributed by atoms with Gasteiger partial charge in [0.25, 0.3) is 5.91 Å². The van der Waals surface area contributed by atoms with Gasteiger partial charge in [0.15, 0.2) is 0 Å². The Bertz CT molecular complexity index is 443. The van der Waals surface area contributed by atoms with Crippen molar-refractivity contribution in [3.63, 3.8) is 0 Å². The number of nitrogens with two attached hydrogens (primary N) is 1. The minimum absolute atomic E-state index is 0.0595. The van der Waals surface area contributed by atoms with Crippen molar-refractivity contribution in [1.29, 1.82) is 0 Å². The first-order valence-electron chi connectivity index (χ1n) is 5.77. The van der Waals surface area contributed by atoms with Gasteiger partial charge in [0.05, 0.1) is 6.54 Å². The first-order valence-corrected chi connectivity index (χ1v) is 5.77. The zero-order valence-electron chi connectivity index (χ0n) is 10.3. The molecule has 0 bridgehead atoms. The van der Waals surface area contributed by atoms with Crippen LogP contribution in [-0.4, -0.2) is 18.5 Å². The predicted octanol–water partition coefficient (Wildman–Crippen LogP) is 1.53. The largest absolute Gasteiger partial charge is 0.350 e. The smallest absolute Gasteiger partial charge is 0.251 e. The van der Waals surface area contributed by atoms with Gasteiger partial charge in [0.2, 0.25) is 0 Å². The highest BCUT2D eigenvalue weighted by molar-refractivity contribution is 5.94. The quantitative estimate of drug-likeness (QED) is 0.774. The van der Waals surface area contributed by atoms with Gasteiger partial charge >= 0.3 is 0 Å². The number of amides is 1. The van der Waals surface area contributed by atoms with Crippen molar-refractivity contribution >= 4 is 5.91 Å². The highest BCUT2D eigenvalue weighted by Crippen LogP contribution is 2.05. The molecule has 1 amide bonds. The minimum atomic E-state index is -0.0595. The van der Waals surface area contributed by atoms with Gasteiger partial charge in [0.1, 0.15) is 0 Å². The van der Waals surface area contributed by atoms with E-state index in [1.165, 1.54) is 0 Å². The lowest BCUT2D eigenvalue weighted by molar-refractivity contribution is 0.0939. The summed E-state index contributed by atoms with van der Waals surface area (Å²) in [5.74, 6) is 5.62. The number of hydrogen-bond acceptors (Lipinski definition) is 2. The summed E-state index contributed by atoms with van der Waals surface area (Å²) >= 11 is 0. The van der Waals surface area contributed by atoms with Crippen LogP contribution in [0.2, 0.25) is 0 Å². The molecule has 0 saturated carbocycles. The molecular weight excluding hydrogens is 212 g/mol. The molecule has 1 aromatic rings.